The molecule has 78 valence electrons. The fourth-order valence-electron chi connectivity index (χ4n) is 1.53. The second-order valence-electron chi connectivity index (χ2n) is 3.45. The van der Waals surface area contributed by atoms with Crippen LogP contribution in [0.1, 0.15) is 38.5 Å². The molecule has 0 aliphatic carbocycles. The number of rotatable bonds is 7. The molecule has 0 amide bonds. The monoisotopic (exact) mass is 188 g/mol. The zero-order chi connectivity index (χ0) is 9.36. The highest BCUT2D eigenvalue weighted by molar-refractivity contribution is 4.53. The van der Waals surface area contributed by atoms with E-state index in [1.54, 1.807) is 0 Å². The molecule has 0 aromatic carbocycles. The van der Waals surface area contributed by atoms with E-state index in [-0.39, 0.29) is 6.29 Å². The van der Waals surface area contributed by atoms with E-state index in [0.717, 1.165) is 32.5 Å². The first-order valence-corrected chi connectivity index (χ1v) is 5.27. The van der Waals surface area contributed by atoms with Gasteiger partial charge in [-0.05, 0) is 19.3 Å². The molecule has 0 atom stereocenters. The van der Waals surface area contributed by atoms with Crippen molar-refractivity contribution >= 4 is 0 Å². The molecule has 1 aliphatic heterocycles. The second-order valence-corrected chi connectivity index (χ2v) is 3.45. The predicted octanol–water partition coefficient (Wildman–Crippen LogP) is 1.69. The molecule has 1 rings (SSSR count). The summed E-state index contributed by atoms with van der Waals surface area (Å²) in [7, 11) is 0. The summed E-state index contributed by atoms with van der Waals surface area (Å²) < 4.78 is 10.6. The molecule has 0 bridgehead atoms. The highest BCUT2D eigenvalue weighted by Crippen LogP contribution is 2.13. The Kier molecular flexibility index (Phi) is 6.15. The number of aliphatic hydroxyl groups is 1. The van der Waals surface area contributed by atoms with Gasteiger partial charge in [0.05, 0.1) is 13.2 Å². The molecular weight excluding hydrogens is 168 g/mol. The average Bonchev–Trinajstić information content (AvgIpc) is 2.63. The van der Waals surface area contributed by atoms with Crippen molar-refractivity contribution < 1.29 is 14.6 Å². The van der Waals surface area contributed by atoms with Gasteiger partial charge in [-0.1, -0.05) is 19.3 Å². The lowest BCUT2D eigenvalue weighted by Gasteiger charge is -2.07. The molecule has 3 heteroatoms. The predicted molar refractivity (Wildman–Crippen MR) is 50.5 cm³/mol. The van der Waals surface area contributed by atoms with Gasteiger partial charge in [0.15, 0.2) is 6.29 Å². The Morgan fingerprint density at radius 2 is 1.54 bits per heavy atom. The van der Waals surface area contributed by atoms with Gasteiger partial charge in [0.1, 0.15) is 0 Å². The van der Waals surface area contributed by atoms with Crippen molar-refractivity contribution in [2.45, 2.75) is 44.8 Å². The van der Waals surface area contributed by atoms with Crippen LogP contribution in [0, 0.1) is 0 Å². The second kappa shape index (κ2) is 7.30. The summed E-state index contributed by atoms with van der Waals surface area (Å²) in [6, 6.07) is 0. The van der Waals surface area contributed by atoms with Gasteiger partial charge in [-0.3, -0.25) is 0 Å². The molecule has 0 aromatic heterocycles. The summed E-state index contributed by atoms with van der Waals surface area (Å²) in [5.74, 6) is 0. The Labute approximate surface area is 80.0 Å². The van der Waals surface area contributed by atoms with Crippen LogP contribution in [0.5, 0.6) is 0 Å². The highest BCUT2D eigenvalue weighted by Gasteiger charge is 2.14. The summed E-state index contributed by atoms with van der Waals surface area (Å²) in [5, 5.41) is 8.56. The zero-order valence-corrected chi connectivity index (χ0v) is 8.21. The molecule has 0 radical (unpaired) electrons. The number of aliphatic hydroxyl groups excluding tert-OH is 1. The molecule has 13 heavy (non-hydrogen) atoms. The van der Waals surface area contributed by atoms with Crippen molar-refractivity contribution in [2.24, 2.45) is 0 Å². The third-order valence-corrected chi connectivity index (χ3v) is 2.29. The lowest BCUT2D eigenvalue weighted by molar-refractivity contribution is -0.0480. The van der Waals surface area contributed by atoms with Gasteiger partial charge in [-0.25, -0.2) is 0 Å². The first kappa shape index (κ1) is 11.0. The van der Waals surface area contributed by atoms with Gasteiger partial charge in [0, 0.05) is 6.61 Å². The first-order valence-electron chi connectivity index (χ1n) is 5.27. The SMILES string of the molecule is OCCCCCCCC1OCCO1. The van der Waals surface area contributed by atoms with Crippen LogP contribution in [0.2, 0.25) is 0 Å². The van der Waals surface area contributed by atoms with Gasteiger partial charge < -0.3 is 14.6 Å². The van der Waals surface area contributed by atoms with Crippen molar-refractivity contribution in [3.05, 3.63) is 0 Å². The van der Waals surface area contributed by atoms with Crippen molar-refractivity contribution in [1.29, 1.82) is 0 Å². The molecule has 0 aromatic rings. The smallest absolute Gasteiger partial charge is 0.157 e. The van der Waals surface area contributed by atoms with Gasteiger partial charge in [0.2, 0.25) is 0 Å². The van der Waals surface area contributed by atoms with E-state index in [0.29, 0.717) is 6.61 Å². The molecule has 1 saturated heterocycles. The molecule has 1 heterocycles. The van der Waals surface area contributed by atoms with Gasteiger partial charge in [-0.15, -0.1) is 0 Å². The molecule has 0 unspecified atom stereocenters. The third-order valence-electron chi connectivity index (χ3n) is 2.29. The van der Waals surface area contributed by atoms with E-state index >= 15 is 0 Å². The Hall–Kier alpha value is -0.120. The van der Waals surface area contributed by atoms with Crippen LogP contribution in [-0.4, -0.2) is 31.2 Å². The third kappa shape index (κ3) is 5.24. The maximum absolute atomic E-state index is 8.56. The van der Waals surface area contributed by atoms with Crippen LogP contribution in [-0.2, 0) is 9.47 Å². The molecule has 1 aliphatic rings. The van der Waals surface area contributed by atoms with Gasteiger partial charge >= 0.3 is 0 Å². The minimum atomic E-state index is 0.0674. The number of hydrogen-bond acceptors (Lipinski definition) is 3. The largest absolute Gasteiger partial charge is 0.396 e. The van der Waals surface area contributed by atoms with Crippen LogP contribution >= 0.6 is 0 Å². The van der Waals surface area contributed by atoms with Crippen LogP contribution < -0.4 is 0 Å². The van der Waals surface area contributed by atoms with E-state index in [1.807, 2.05) is 0 Å². The molecule has 3 nitrogen and oxygen atoms in total. The lowest BCUT2D eigenvalue weighted by atomic mass is 10.1. The quantitative estimate of drug-likeness (QED) is 0.618. The summed E-state index contributed by atoms with van der Waals surface area (Å²) in [6.07, 6.45) is 6.79. The van der Waals surface area contributed by atoms with E-state index < -0.39 is 0 Å². The van der Waals surface area contributed by atoms with Crippen molar-refractivity contribution in [3.63, 3.8) is 0 Å². The Morgan fingerprint density at radius 1 is 0.923 bits per heavy atom. The highest BCUT2D eigenvalue weighted by atomic mass is 16.7. The topological polar surface area (TPSA) is 38.7 Å². The van der Waals surface area contributed by atoms with Crippen LogP contribution in [0.15, 0.2) is 0 Å². The van der Waals surface area contributed by atoms with E-state index in [2.05, 4.69) is 0 Å². The molecular formula is C10H20O3. The maximum Gasteiger partial charge on any atom is 0.157 e. The minimum absolute atomic E-state index is 0.0674. The Morgan fingerprint density at radius 3 is 2.23 bits per heavy atom. The first-order chi connectivity index (χ1) is 6.43. The molecule has 1 fully saturated rings. The normalized spacial score (nSPS) is 18.2. The zero-order valence-electron chi connectivity index (χ0n) is 8.21. The summed E-state index contributed by atoms with van der Waals surface area (Å²) in [4.78, 5) is 0. The van der Waals surface area contributed by atoms with Crippen molar-refractivity contribution in [3.8, 4) is 0 Å². The molecule has 1 N–H and O–H groups in total. The summed E-state index contributed by atoms with van der Waals surface area (Å²) in [6.45, 7) is 1.85. The van der Waals surface area contributed by atoms with E-state index in [4.69, 9.17) is 14.6 Å². The molecule has 0 saturated carbocycles. The van der Waals surface area contributed by atoms with Crippen LogP contribution in [0.25, 0.3) is 0 Å². The summed E-state index contributed by atoms with van der Waals surface area (Å²) >= 11 is 0. The number of unbranched alkanes of at least 4 members (excludes halogenated alkanes) is 4. The maximum atomic E-state index is 8.56. The summed E-state index contributed by atoms with van der Waals surface area (Å²) in [5.41, 5.74) is 0. The Balaban J connectivity index is 1.78. The van der Waals surface area contributed by atoms with Crippen LogP contribution in [0.3, 0.4) is 0 Å². The standard InChI is InChI=1S/C10H20O3/c11-7-5-3-1-2-4-6-10-12-8-9-13-10/h10-11H,1-9H2. The number of hydrogen-bond donors (Lipinski definition) is 1. The van der Waals surface area contributed by atoms with Gasteiger partial charge in [0.25, 0.3) is 0 Å². The lowest BCUT2D eigenvalue weighted by Crippen LogP contribution is -2.06. The number of ether oxygens (including phenoxy) is 2. The van der Waals surface area contributed by atoms with Crippen molar-refractivity contribution in [2.75, 3.05) is 19.8 Å². The molecule has 0 spiro atoms. The van der Waals surface area contributed by atoms with Crippen LogP contribution in [0.4, 0.5) is 0 Å². The average molecular weight is 188 g/mol. The minimum Gasteiger partial charge on any atom is -0.396 e. The van der Waals surface area contributed by atoms with Gasteiger partial charge in [-0.2, -0.15) is 0 Å². The fraction of sp³-hybridized carbons (Fsp3) is 1.00. The van der Waals surface area contributed by atoms with E-state index in [9.17, 15) is 0 Å². The van der Waals surface area contributed by atoms with E-state index in [1.165, 1.54) is 19.3 Å². The Bertz CT molecular complexity index is 111. The van der Waals surface area contributed by atoms with Crippen molar-refractivity contribution in [1.82, 2.24) is 0 Å². The fourth-order valence-corrected chi connectivity index (χ4v) is 1.53.